The maximum Gasteiger partial charge on any atom is 0.307 e. The number of Topliss-reactive ketones (excluding diaryl/α,β-unsaturated/α-hetero) is 1. The Morgan fingerprint density at radius 1 is 0.929 bits per heavy atom. The predicted molar refractivity (Wildman–Crippen MR) is 107 cm³/mol. The number of ketones is 1. The Labute approximate surface area is 167 Å². The lowest BCUT2D eigenvalue weighted by molar-refractivity contribution is -0.159. The average molecular weight is 386 g/mol. The van der Waals surface area contributed by atoms with Gasteiger partial charge in [0, 0.05) is 25.1 Å². The van der Waals surface area contributed by atoms with Crippen LogP contribution in [0, 0.1) is 0 Å². The molecule has 5 heteroatoms. The number of benzene rings is 1. The molecule has 1 aromatic rings. The smallest absolute Gasteiger partial charge is 0.307 e. The highest BCUT2D eigenvalue weighted by molar-refractivity contribution is 5.98. The molecular formula is C23H31NO4. The number of carbonyl (C=O) groups is 3. The van der Waals surface area contributed by atoms with Crippen LogP contribution < -0.4 is 0 Å². The summed E-state index contributed by atoms with van der Waals surface area (Å²) in [6.45, 7) is 3.09. The van der Waals surface area contributed by atoms with Gasteiger partial charge in [-0.3, -0.25) is 14.4 Å². The quantitative estimate of drug-likeness (QED) is 0.551. The standard InChI is InChI=1S/C23H31NO4/c1-17(23(27)24-14-6-2-3-7-15-24)28-22(26)13-12-21(25)20-11-10-18-8-4-5-9-19(18)16-20/h10-11,16-17H,2-9,12-15H2,1H3. The highest BCUT2D eigenvalue weighted by atomic mass is 16.5. The van der Waals surface area contributed by atoms with Crippen LogP contribution >= 0.6 is 0 Å². The molecule has 0 bridgehead atoms. The minimum atomic E-state index is -0.788. The van der Waals surface area contributed by atoms with E-state index in [9.17, 15) is 14.4 Å². The van der Waals surface area contributed by atoms with Crippen molar-refractivity contribution in [1.29, 1.82) is 0 Å². The van der Waals surface area contributed by atoms with Gasteiger partial charge in [-0.2, -0.15) is 0 Å². The van der Waals surface area contributed by atoms with Crippen molar-refractivity contribution in [3.8, 4) is 0 Å². The summed E-state index contributed by atoms with van der Waals surface area (Å²) in [5.41, 5.74) is 3.27. The third-order valence-electron chi connectivity index (χ3n) is 5.80. The largest absolute Gasteiger partial charge is 0.453 e. The normalized spacial score (nSPS) is 18.0. The second kappa shape index (κ2) is 9.85. The van der Waals surface area contributed by atoms with Crippen LogP contribution in [-0.2, 0) is 27.2 Å². The molecule has 0 N–H and O–H groups in total. The van der Waals surface area contributed by atoms with Crippen molar-refractivity contribution in [3.05, 3.63) is 34.9 Å². The lowest BCUT2D eigenvalue weighted by Crippen LogP contribution is -2.40. The van der Waals surface area contributed by atoms with E-state index in [1.807, 2.05) is 18.2 Å². The minimum Gasteiger partial charge on any atom is -0.453 e. The Kier molecular flexibility index (Phi) is 7.24. The van der Waals surface area contributed by atoms with Gasteiger partial charge in [-0.1, -0.05) is 25.0 Å². The Balaban J connectivity index is 1.46. The lowest BCUT2D eigenvalue weighted by Gasteiger charge is -2.24. The Morgan fingerprint density at radius 2 is 1.61 bits per heavy atom. The summed E-state index contributed by atoms with van der Waals surface area (Å²) in [4.78, 5) is 38.8. The molecule has 1 heterocycles. The highest BCUT2D eigenvalue weighted by Crippen LogP contribution is 2.23. The summed E-state index contributed by atoms with van der Waals surface area (Å²) in [5, 5.41) is 0. The van der Waals surface area contributed by atoms with Gasteiger partial charge in [-0.25, -0.2) is 0 Å². The number of ether oxygens (including phenoxy) is 1. The number of esters is 1. The van der Waals surface area contributed by atoms with Crippen molar-refractivity contribution in [2.75, 3.05) is 13.1 Å². The molecule has 1 fully saturated rings. The summed E-state index contributed by atoms with van der Waals surface area (Å²) in [6, 6.07) is 5.89. The van der Waals surface area contributed by atoms with E-state index in [1.54, 1.807) is 11.8 Å². The van der Waals surface area contributed by atoms with Crippen LogP contribution in [0.3, 0.4) is 0 Å². The molecule has 1 aliphatic carbocycles. The molecule has 2 aliphatic rings. The van der Waals surface area contributed by atoms with E-state index >= 15 is 0 Å². The van der Waals surface area contributed by atoms with E-state index in [0.29, 0.717) is 5.56 Å². The third-order valence-corrected chi connectivity index (χ3v) is 5.80. The van der Waals surface area contributed by atoms with Crippen LogP contribution in [0.5, 0.6) is 0 Å². The van der Waals surface area contributed by atoms with Gasteiger partial charge in [-0.15, -0.1) is 0 Å². The topological polar surface area (TPSA) is 63.7 Å². The van der Waals surface area contributed by atoms with Gasteiger partial charge < -0.3 is 9.64 Å². The number of likely N-dealkylation sites (tertiary alicyclic amines) is 1. The van der Waals surface area contributed by atoms with Crippen LogP contribution in [-0.4, -0.2) is 41.8 Å². The van der Waals surface area contributed by atoms with Gasteiger partial charge in [0.05, 0.1) is 6.42 Å². The van der Waals surface area contributed by atoms with Crippen LogP contribution in [0.2, 0.25) is 0 Å². The third kappa shape index (κ3) is 5.43. The minimum absolute atomic E-state index is 0.00748. The number of hydrogen-bond donors (Lipinski definition) is 0. The van der Waals surface area contributed by atoms with Crippen molar-refractivity contribution in [2.45, 2.75) is 77.2 Å². The maximum absolute atomic E-state index is 12.5. The first-order valence-corrected chi connectivity index (χ1v) is 10.7. The first-order valence-electron chi connectivity index (χ1n) is 10.7. The maximum atomic E-state index is 12.5. The molecule has 1 aromatic carbocycles. The van der Waals surface area contributed by atoms with E-state index in [1.165, 1.54) is 24.0 Å². The van der Waals surface area contributed by atoms with Crippen molar-refractivity contribution in [3.63, 3.8) is 0 Å². The van der Waals surface area contributed by atoms with E-state index < -0.39 is 12.1 Å². The van der Waals surface area contributed by atoms with Gasteiger partial charge in [-0.05, 0) is 62.6 Å². The van der Waals surface area contributed by atoms with Crippen LogP contribution in [0.4, 0.5) is 0 Å². The molecule has 28 heavy (non-hydrogen) atoms. The summed E-state index contributed by atoms with van der Waals surface area (Å²) >= 11 is 0. The van der Waals surface area contributed by atoms with Crippen LogP contribution in [0.1, 0.15) is 79.8 Å². The van der Waals surface area contributed by atoms with Crippen molar-refractivity contribution in [1.82, 2.24) is 4.90 Å². The fraction of sp³-hybridized carbons (Fsp3) is 0.609. The van der Waals surface area contributed by atoms with Gasteiger partial charge in [0.1, 0.15) is 0 Å². The van der Waals surface area contributed by atoms with Gasteiger partial charge >= 0.3 is 5.97 Å². The summed E-state index contributed by atoms with van der Waals surface area (Å²) in [5.74, 6) is -0.657. The lowest BCUT2D eigenvalue weighted by atomic mass is 9.89. The molecule has 1 saturated heterocycles. The molecule has 0 radical (unpaired) electrons. The molecule has 1 amide bonds. The second-order valence-corrected chi connectivity index (χ2v) is 7.99. The monoisotopic (exact) mass is 385 g/mol. The first kappa shape index (κ1) is 20.6. The molecule has 1 aliphatic heterocycles. The van der Waals surface area contributed by atoms with E-state index in [0.717, 1.165) is 51.6 Å². The summed E-state index contributed by atoms with van der Waals surface area (Å²) in [6.07, 6.45) is 8.10. The van der Waals surface area contributed by atoms with E-state index in [2.05, 4.69) is 0 Å². The first-order chi connectivity index (χ1) is 13.5. The molecule has 0 aromatic heterocycles. The summed E-state index contributed by atoms with van der Waals surface area (Å²) < 4.78 is 5.30. The number of aryl methyl sites for hydroxylation is 2. The zero-order chi connectivity index (χ0) is 19.9. The average Bonchev–Trinajstić information content (AvgIpc) is 3.00. The SMILES string of the molecule is CC(OC(=O)CCC(=O)c1ccc2c(c1)CCCC2)C(=O)N1CCCCCC1. The van der Waals surface area contributed by atoms with Crippen molar-refractivity contribution in [2.24, 2.45) is 0 Å². The fourth-order valence-corrected chi connectivity index (χ4v) is 4.12. The molecule has 5 nitrogen and oxygen atoms in total. The van der Waals surface area contributed by atoms with E-state index in [-0.39, 0.29) is 24.5 Å². The number of fused-ring (bicyclic) bond motifs is 1. The van der Waals surface area contributed by atoms with Crippen LogP contribution in [0.25, 0.3) is 0 Å². The Morgan fingerprint density at radius 3 is 2.32 bits per heavy atom. The molecule has 152 valence electrons. The van der Waals surface area contributed by atoms with Crippen molar-refractivity contribution >= 4 is 17.7 Å². The van der Waals surface area contributed by atoms with E-state index in [4.69, 9.17) is 4.74 Å². The summed E-state index contributed by atoms with van der Waals surface area (Å²) in [7, 11) is 0. The fourth-order valence-electron chi connectivity index (χ4n) is 4.12. The predicted octanol–water partition coefficient (Wildman–Crippen LogP) is 3.86. The van der Waals surface area contributed by atoms with Gasteiger partial charge in [0.25, 0.3) is 5.91 Å². The number of carbonyl (C=O) groups excluding carboxylic acids is 3. The molecule has 0 saturated carbocycles. The van der Waals surface area contributed by atoms with Gasteiger partial charge in [0.2, 0.25) is 0 Å². The number of rotatable bonds is 6. The molecule has 0 spiro atoms. The van der Waals surface area contributed by atoms with Gasteiger partial charge in [0.15, 0.2) is 11.9 Å². The number of hydrogen-bond acceptors (Lipinski definition) is 4. The molecular weight excluding hydrogens is 354 g/mol. The molecule has 1 atom stereocenters. The zero-order valence-corrected chi connectivity index (χ0v) is 16.9. The zero-order valence-electron chi connectivity index (χ0n) is 16.9. The highest BCUT2D eigenvalue weighted by Gasteiger charge is 2.24. The van der Waals surface area contributed by atoms with Crippen LogP contribution in [0.15, 0.2) is 18.2 Å². The molecule has 1 unspecified atom stereocenters. The number of amides is 1. The Hall–Kier alpha value is -2.17. The second-order valence-electron chi connectivity index (χ2n) is 7.99. The Bertz CT molecular complexity index is 719. The molecule has 3 rings (SSSR count). The number of nitrogens with zero attached hydrogens (tertiary/aromatic N) is 1. The van der Waals surface area contributed by atoms with Crippen molar-refractivity contribution < 1.29 is 19.1 Å².